The summed E-state index contributed by atoms with van der Waals surface area (Å²) in [5.41, 5.74) is 2.04. The van der Waals surface area contributed by atoms with E-state index in [9.17, 15) is 9.59 Å². The molecule has 0 bridgehead atoms. The van der Waals surface area contributed by atoms with Crippen LogP contribution in [0.3, 0.4) is 0 Å². The highest BCUT2D eigenvalue weighted by Gasteiger charge is 2.46. The van der Waals surface area contributed by atoms with Gasteiger partial charge in [0.15, 0.2) is 6.04 Å². The molecule has 2 fully saturated rings. The lowest BCUT2D eigenvalue weighted by molar-refractivity contribution is -0.130. The molecule has 0 spiro atoms. The lowest BCUT2D eigenvalue weighted by atomic mass is 9.97. The lowest BCUT2D eigenvalue weighted by Crippen LogP contribution is -2.46. The largest absolute Gasteiger partial charge is 0.444 e. The number of benzene rings is 3. The number of aliphatic imine (C=N–C) groups is 1. The third-order valence-corrected chi connectivity index (χ3v) is 11.0. The number of nitrogens with one attached hydrogen (secondary N) is 2. The Labute approximate surface area is 319 Å². The maximum atomic E-state index is 16.6. The van der Waals surface area contributed by atoms with Crippen LogP contribution in [0.4, 0.5) is 13.6 Å². The van der Waals surface area contributed by atoms with Crippen LogP contribution in [-0.2, 0) is 22.0 Å². The lowest BCUT2D eigenvalue weighted by Gasteiger charge is -2.26. The Kier molecular flexibility index (Phi) is 12.3. The molecule has 3 aromatic carbocycles. The zero-order valence-corrected chi connectivity index (χ0v) is 32.3. The number of amides is 2. The van der Waals surface area contributed by atoms with E-state index < -0.39 is 29.6 Å². The minimum Gasteiger partial charge on any atom is -0.444 e. The van der Waals surface area contributed by atoms with Crippen molar-refractivity contribution in [2.75, 3.05) is 0 Å². The van der Waals surface area contributed by atoms with Crippen molar-refractivity contribution < 1.29 is 23.1 Å². The minimum atomic E-state index is -3.63. The van der Waals surface area contributed by atoms with Gasteiger partial charge in [0.25, 0.3) is 11.8 Å². The minimum absolute atomic E-state index is 0.222. The molecule has 3 atom stereocenters. The Morgan fingerprint density at radius 2 is 1.70 bits per heavy atom. The maximum absolute atomic E-state index is 16.6. The molecule has 12 heteroatoms. The summed E-state index contributed by atoms with van der Waals surface area (Å²) in [6.07, 6.45) is 8.24. The summed E-state index contributed by atoms with van der Waals surface area (Å²) in [6, 6.07) is 16.4. The van der Waals surface area contributed by atoms with Gasteiger partial charge in [-0.2, -0.15) is 13.9 Å². The van der Waals surface area contributed by atoms with Crippen LogP contribution >= 0.6 is 23.5 Å². The number of nitrogens with zero attached hydrogens (tertiary/aromatic N) is 3. The fourth-order valence-electron chi connectivity index (χ4n) is 7.20. The molecule has 6 rings (SSSR count). The second-order valence-electron chi connectivity index (χ2n) is 15.5. The summed E-state index contributed by atoms with van der Waals surface area (Å²) in [5.74, 6) is -3.77. The number of alkyl halides is 2. The average Bonchev–Trinajstić information content (AvgIpc) is 3.72. The summed E-state index contributed by atoms with van der Waals surface area (Å²) in [7, 11) is 0. The quantitative estimate of drug-likeness (QED) is 0.123. The second-order valence-corrected chi connectivity index (χ2v) is 16.8. The number of rotatable bonds is 10. The Morgan fingerprint density at radius 1 is 1.02 bits per heavy atom. The average molecular weight is 764 g/mol. The number of carbonyl (C=O) groups excluding carboxylic acids is 2. The molecular weight excluding hydrogens is 716 g/mol. The Bertz CT molecular complexity index is 1920. The molecule has 4 aromatic rings. The first-order valence-electron chi connectivity index (χ1n) is 18.5. The fraction of sp³-hybridized carbons (Fsp3) is 0.463. The monoisotopic (exact) mass is 763 g/mol. The zero-order valence-electron chi connectivity index (χ0n) is 30.7. The summed E-state index contributed by atoms with van der Waals surface area (Å²) >= 11 is 7.02. The van der Waals surface area contributed by atoms with E-state index >= 15 is 8.78 Å². The number of alkyl carbamates (subject to hydrolysis) is 1. The fourth-order valence-corrected chi connectivity index (χ4v) is 8.16. The van der Waals surface area contributed by atoms with Gasteiger partial charge >= 0.3 is 6.09 Å². The Morgan fingerprint density at radius 3 is 2.38 bits per heavy atom. The molecule has 8 nitrogen and oxygen atoms in total. The van der Waals surface area contributed by atoms with Crippen LogP contribution in [0.25, 0.3) is 22.0 Å². The number of hydrogen-bond donors (Lipinski definition) is 2. The molecule has 3 unspecified atom stereocenters. The van der Waals surface area contributed by atoms with Gasteiger partial charge in [0, 0.05) is 45.6 Å². The molecule has 1 heterocycles. The molecule has 1 aromatic heterocycles. The van der Waals surface area contributed by atoms with Gasteiger partial charge < -0.3 is 10.1 Å². The zero-order chi connectivity index (χ0) is 37.8. The van der Waals surface area contributed by atoms with E-state index in [1.165, 1.54) is 37.8 Å². The number of fused-ring (bicyclic) bond motifs is 1. The molecular formula is C41H48ClF2N5O3S. The van der Waals surface area contributed by atoms with Crippen LogP contribution < -0.4 is 10.0 Å². The molecule has 2 aliphatic carbocycles. The van der Waals surface area contributed by atoms with Crippen LogP contribution in [0, 0.1) is 11.8 Å². The van der Waals surface area contributed by atoms with E-state index in [1.54, 1.807) is 51.2 Å². The van der Waals surface area contributed by atoms with Crippen LogP contribution in [0.2, 0.25) is 5.02 Å². The van der Waals surface area contributed by atoms with Crippen molar-refractivity contribution in [3.05, 3.63) is 83.5 Å². The van der Waals surface area contributed by atoms with Gasteiger partial charge in [-0.15, -0.1) is 0 Å². The molecule has 53 heavy (non-hydrogen) atoms. The molecule has 282 valence electrons. The van der Waals surface area contributed by atoms with Crippen molar-refractivity contribution in [1.82, 2.24) is 19.8 Å². The molecule has 2 N–H and O–H groups in total. The number of hydrogen-bond acceptors (Lipinski definition) is 6. The topological polar surface area (TPSA) is 97.6 Å². The predicted octanol–water partition coefficient (Wildman–Crippen LogP) is 10.4. The summed E-state index contributed by atoms with van der Waals surface area (Å²) in [6.45, 7) is 8.28. The number of halogens is 3. The molecule has 2 aliphatic rings. The third kappa shape index (κ3) is 10.2. The maximum Gasteiger partial charge on any atom is 0.407 e. The number of carbonyl (C=O) groups is 2. The van der Waals surface area contributed by atoms with Gasteiger partial charge in [0.2, 0.25) is 0 Å². The van der Waals surface area contributed by atoms with Gasteiger partial charge in [-0.05, 0) is 118 Å². The predicted molar refractivity (Wildman–Crippen MR) is 208 cm³/mol. The SMILES string of the molecule is CC1CCC(=NC(=O)C(NSc2ccc3c(cnn3CC3CCCC3)c2)C(F)(F)c2ccc(-c3ccc(Cl)cc3)cc2)CC(NC(=O)OC(C)(C)C)C1. The van der Waals surface area contributed by atoms with Crippen molar-refractivity contribution in [2.24, 2.45) is 16.8 Å². The first-order chi connectivity index (χ1) is 25.2. The van der Waals surface area contributed by atoms with Crippen molar-refractivity contribution in [3.63, 3.8) is 0 Å². The number of ether oxygens (including phenoxy) is 1. The highest BCUT2D eigenvalue weighted by Crippen LogP contribution is 2.37. The van der Waals surface area contributed by atoms with Crippen LogP contribution in [0.5, 0.6) is 0 Å². The van der Waals surface area contributed by atoms with Crippen LogP contribution in [0.15, 0.2) is 82.8 Å². The van der Waals surface area contributed by atoms with E-state index in [2.05, 4.69) is 27.1 Å². The van der Waals surface area contributed by atoms with Gasteiger partial charge in [-0.3, -0.25) is 9.48 Å². The van der Waals surface area contributed by atoms with Crippen molar-refractivity contribution in [2.45, 2.75) is 114 Å². The Hall–Kier alpha value is -3.80. The van der Waals surface area contributed by atoms with E-state index in [-0.39, 0.29) is 23.9 Å². The summed E-state index contributed by atoms with van der Waals surface area (Å²) < 4.78 is 43.6. The Balaban J connectivity index is 1.25. The molecule has 0 aliphatic heterocycles. The molecule has 0 radical (unpaired) electrons. The van der Waals surface area contributed by atoms with Gasteiger partial charge in [0.1, 0.15) is 5.60 Å². The highest BCUT2D eigenvalue weighted by molar-refractivity contribution is 7.97. The molecule has 2 saturated carbocycles. The summed E-state index contributed by atoms with van der Waals surface area (Å²) in [4.78, 5) is 31.6. The van der Waals surface area contributed by atoms with Crippen LogP contribution in [-0.4, -0.2) is 45.2 Å². The number of aromatic nitrogens is 2. The van der Waals surface area contributed by atoms with E-state index in [1.807, 2.05) is 35.0 Å². The van der Waals surface area contributed by atoms with Crippen molar-refractivity contribution in [1.29, 1.82) is 0 Å². The van der Waals surface area contributed by atoms with Crippen LogP contribution in [0.1, 0.15) is 84.6 Å². The van der Waals surface area contributed by atoms with Gasteiger partial charge in [0.05, 0.1) is 11.7 Å². The van der Waals surface area contributed by atoms with Crippen molar-refractivity contribution >= 4 is 52.2 Å². The van der Waals surface area contributed by atoms with E-state index in [0.717, 1.165) is 40.5 Å². The van der Waals surface area contributed by atoms with E-state index in [0.29, 0.717) is 40.8 Å². The first-order valence-corrected chi connectivity index (χ1v) is 19.6. The smallest absolute Gasteiger partial charge is 0.407 e. The van der Waals surface area contributed by atoms with Gasteiger partial charge in [-0.25, -0.2) is 14.5 Å². The summed E-state index contributed by atoms with van der Waals surface area (Å²) in [5, 5.41) is 8.99. The standard InChI is InChI=1S/C41H48ClF2N5O3S/c1-26-9-18-33(23-34(21-26)47-39(51)52-40(2,3)4)46-38(50)37(41(43,44)31-14-10-28(11-15-31)29-12-16-32(42)17-13-29)48-53-35-19-20-36-30(22-35)24-45-49(36)25-27-7-5-6-8-27/h10-17,19-20,22,24,26-27,34,37,48H,5-9,18,21,23,25H2,1-4H3,(H,47,51). The van der Waals surface area contributed by atoms with Crippen molar-refractivity contribution in [3.8, 4) is 11.1 Å². The first kappa shape index (κ1) is 38.9. The van der Waals surface area contributed by atoms with Gasteiger partial charge in [-0.1, -0.05) is 67.8 Å². The molecule has 0 saturated heterocycles. The second kappa shape index (κ2) is 16.7. The highest BCUT2D eigenvalue weighted by atomic mass is 35.5. The third-order valence-electron chi connectivity index (χ3n) is 9.95. The normalized spacial score (nSPS) is 20.0. The molecule has 2 amide bonds. The van der Waals surface area contributed by atoms with E-state index in [4.69, 9.17) is 16.3 Å².